The molecule has 0 aliphatic heterocycles. The maximum Gasteiger partial charge on any atom is 0.339 e. The van der Waals surface area contributed by atoms with Gasteiger partial charge in [-0.05, 0) is 31.5 Å². The Kier molecular flexibility index (Phi) is 3.70. The van der Waals surface area contributed by atoms with Gasteiger partial charge in [0.25, 0.3) is 0 Å². The zero-order valence-electron chi connectivity index (χ0n) is 8.50. The van der Waals surface area contributed by atoms with Crippen LogP contribution in [0.5, 0.6) is 0 Å². The summed E-state index contributed by atoms with van der Waals surface area (Å²) < 4.78 is 4.86. The van der Waals surface area contributed by atoms with Crippen LogP contribution in [0, 0.1) is 18.3 Å². The highest BCUT2D eigenvalue weighted by Gasteiger charge is 2.17. The molecule has 0 unspecified atom stereocenters. The van der Waals surface area contributed by atoms with E-state index in [9.17, 15) is 4.79 Å². The molecule has 78 valence electrons. The summed E-state index contributed by atoms with van der Waals surface area (Å²) >= 11 is 5.87. The van der Waals surface area contributed by atoms with Crippen LogP contribution in [-0.4, -0.2) is 12.6 Å². The Labute approximate surface area is 93.2 Å². The number of carbonyl (C=O) groups is 1. The third-order valence-corrected chi connectivity index (χ3v) is 2.41. The number of nitriles is 1. The fourth-order valence-electron chi connectivity index (χ4n) is 1.25. The van der Waals surface area contributed by atoms with Gasteiger partial charge in [-0.25, -0.2) is 4.79 Å². The Morgan fingerprint density at radius 1 is 1.60 bits per heavy atom. The molecule has 1 aromatic carbocycles. The molecule has 15 heavy (non-hydrogen) atoms. The molecular weight excluding hydrogens is 214 g/mol. The van der Waals surface area contributed by atoms with E-state index in [1.54, 1.807) is 19.9 Å². The van der Waals surface area contributed by atoms with Crippen LogP contribution >= 0.6 is 11.6 Å². The molecular formula is C11H10ClNO2. The molecule has 0 spiro atoms. The second kappa shape index (κ2) is 4.81. The smallest absolute Gasteiger partial charge is 0.339 e. The molecule has 0 heterocycles. The zero-order chi connectivity index (χ0) is 11.4. The molecule has 0 atom stereocenters. The van der Waals surface area contributed by atoms with Crippen molar-refractivity contribution in [3.05, 3.63) is 33.8 Å². The van der Waals surface area contributed by atoms with Gasteiger partial charge in [-0.3, -0.25) is 0 Å². The highest BCUT2D eigenvalue weighted by atomic mass is 35.5. The molecule has 0 saturated carbocycles. The van der Waals surface area contributed by atoms with Crippen molar-refractivity contribution in [3.8, 4) is 6.07 Å². The first kappa shape index (κ1) is 11.5. The van der Waals surface area contributed by atoms with Crippen LogP contribution in [0.3, 0.4) is 0 Å². The number of halogens is 1. The molecule has 1 aromatic rings. The van der Waals surface area contributed by atoms with Gasteiger partial charge < -0.3 is 4.74 Å². The maximum atomic E-state index is 11.6. The molecule has 3 nitrogen and oxygen atoms in total. The van der Waals surface area contributed by atoms with Crippen molar-refractivity contribution >= 4 is 17.6 Å². The topological polar surface area (TPSA) is 50.1 Å². The lowest BCUT2D eigenvalue weighted by Crippen LogP contribution is -2.09. The van der Waals surface area contributed by atoms with Gasteiger partial charge in [0.1, 0.15) is 6.07 Å². The number of carbonyl (C=O) groups excluding carboxylic acids is 1. The second-order valence-corrected chi connectivity index (χ2v) is 3.33. The van der Waals surface area contributed by atoms with Crippen molar-refractivity contribution in [1.82, 2.24) is 0 Å². The highest BCUT2D eigenvalue weighted by molar-refractivity contribution is 6.31. The minimum Gasteiger partial charge on any atom is -0.462 e. The fourth-order valence-corrected chi connectivity index (χ4v) is 1.40. The van der Waals surface area contributed by atoms with Gasteiger partial charge in [-0.15, -0.1) is 0 Å². The second-order valence-electron chi connectivity index (χ2n) is 2.93. The molecule has 0 aliphatic rings. The van der Waals surface area contributed by atoms with Crippen LogP contribution in [0.4, 0.5) is 0 Å². The lowest BCUT2D eigenvalue weighted by molar-refractivity contribution is 0.0525. The van der Waals surface area contributed by atoms with Gasteiger partial charge in [0.2, 0.25) is 0 Å². The van der Waals surface area contributed by atoms with E-state index in [2.05, 4.69) is 0 Å². The molecule has 0 fully saturated rings. The molecule has 4 heteroatoms. The minimum absolute atomic E-state index is 0.256. The summed E-state index contributed by atoms with van der Waals surface area (Å²) in [6.45, 7) is 3.68. The van der Waals surface area contributed by atoms with Crippen molar-refractivity contribution in [2.75, 3.05) is 6.61 Å². The third kappa shape index (κ3) is 2.28. The van der Waals surface area contributed by atoms with E-state index >= 15 is 0 Å². The average molecular weight is 224 g/mol. The van der Waals surface area contributed by atoms with Gasteiger partial charge in [0.05, 0.1) is 17.7 Å². The van der Waals surface area contributed by atoms with Crippen LogP contribution in [0.1, 0.15) is 28.4 Å². The first-order valence-electron chi connectivity index (χ1n) is 4.48. The van der Waals surface area contributed by atoms with Gasteiger partial charge in [-0.1, -0.05) is 11.6 Å². The van der Waals surface area contributed by atoms with E-state index in [0.29, 0.717) is 10.6 Å². The van der Waals surface area contributed by atoms with E-state index in [-0.39, 0.29) is 17.7 Å². The number of esters is 1. The SMILES string of the molecule is CCOC(=O)c1c(C#N)ccc(Cl)c1C. The monoisotopic (exact) mass is 223 g/mol. The summed E-state index contributed by atoms with van der Waals surface area (Å²) in [4.78, 5) is 11.6. The normalized spacial score (nSPS) is 9.47. The van der Waals surface area contributed by atoms with Gasteiger partial charge in [-0.2, -0.15) is 5.26 Å². The zero-order valence-corrected chi connectivity index (χ0v) is 9.26. The van der Waals surface area contributed by atoms with Crippen LogP contribution in [0.2, 0.25) is 5.02 Å². The Morgan fingerprint density at radius 3 is 2.80 bits per heavy atom. The van der Waals surface area contributed by atoms with E-state index in [4.69, 9.17) is 21.6 Å². The van der Waals surface area contributed by atoms with Gasteiger partial charge in [0.15, 0.2) is 0 Å². The van der Waals surface area contributed by atoms with Crippen LogP contribution < -0.4 is 0 Å². The highest BCUT2D eigenvalue weighted by Crippen LogP contribution is 2.23. The summed E-state index contributed by atoms with van der Waals surface area (Å²) in [5.41, 5.74) is 1.12. The van der Waals surface area contributed by atoms with Gasteiger partial charge in [0, 0.05) is 5.02 Å². The molecule has 0 saturated heterocycles. The largest absolute Gasteiger partial charge is 0.462 e. The lowest BCUT2D eigenvalue weighted by atomic mass is 10.0. The third-order valence-electron chi connectivity index (χ3n) is 2.00. The van der Waals surface area contributed by atoms with Crippen molar-refractivity contribution < 1.29 is 9.53 Å². The first-order chi connectivity index (χ1) is 7.11. The van der Waals surface area contributed by atoms with E-state index in [0.717, 1.165) is 0 Å². The van der Waals surface area contributed by atoms with Crippen molar-refractivity contribution in [2.24, 2.45) is 0 Å². The Hall–Kier alpha value is -1.53. The van der Waals surface area contributed by atoms with Crippen molar-refractivity contribution in [2.45, 2.75) is 13.8 Å². The number of hydrogen-bond acceptors (Lipinski definition) is 3. The number of nitrogens with zero attached hydrogens (tertiary/aromatic N) is 1. The van der Waals surface area contributed by atoms with Crippen LogP contribution in [-0.2, 0) is 4.74 Å². The molecule has 0 aliphatic carbocycles. The average Bonchev–Trinajstić information content (AvgIpc) is 2.22. The minimum atomic E-state index is -0.506. The number of hydrogen-bond donors (Lipinski definition) is 0. The molecule has 0 radical (unpaired) electrons. The van der Waals surface area contributed by atoms with E-state index in [1.165, 1.54) is 6.07 Å². The number of rotatable bonds is 2. The standard InChI is InChI=1S/C11H10ClNO2/c1-3-15-11(14)10-7(2)9(12)5-4-8(10)6-13/h4-5H,3H2,1-2H3. The predicted octanol–water partition coefficient (Wildman–Crippen LogP) is 2.70. The van der Waals surface area contributed by atoms with Crippen molar-refractivity contribution in [1.29, 1.82) is 5.26 Å². The number of ether oxygens (including phenoxy) is 1. The summed E-state index contributed by atoms with van der Waals surface area (Å²) in [5.74, 6) is -0.506. The summed E-state index contributed by atoms with van der Waals surface area (Å²) in [6, 6.07) is 5.05. The fraction of sp³-hybridized carbons (Fsp3) is 0.273. The summed E-state index contributed by atoms with van der Waals surface area (Å²) in [7, 11) is 0. The quantitative estimate of drug-likeness (QED) is 0.725. The van der Waals surface area contributed by atoms with Crippen LogP contribution in [0.25, 0.3) is 0 Å². The first-order valence-corrected chi connectivity index (χ1v) is 4.86. The van der Waals surface area contributed by atoms with E-state index in [1.807, 2.05) is 6.07 Å². The number of benzene rings is 1. The van der Waals surface area contributed by atoms with Crippen molar-refractivity contribution in [3.63, 3.8) is 0 Å². The molecule has 0 aromatic heterocycles. The Balaban J connectivity index is 3.31. The Bertz CT molecular complexity index is 435. The molecule has 1 rings (SSSR count). The molecule has 0 N–H and O–H groups in total. The van der Waals surface area contributed by atoms with Gasteiger partial charge >= 0.3 is 5.97 Å². The summed E-state index contributed by atoms with van der Waals surface area (Å²) in [5, 5.41) is 9.31. The Morgan fingerprint density at radius 2 is 2.27 bits per heavy atom. The summed E-state index contributed by atoms with van der Waals surface area (Å²) in [6.07, 6.45) is 0. The van der Waals surface area contributed by atoms with Crippen LogP contribution in [0.15, 0.2) is 12.1 Å². The molecule has 0 bridgehead atoms. The lowest BCUT2D eigenvalue weighted by Gasteiger charge is -2.08. The predicted molar refractivity (Wildman–Crippen MR) is 56.9 cm³/mol. The molecule has 0 amide bonds. The maximum absolute atomic E-state index is 11.6. The van der Waals surface area contributed by atoms with E-state index < -0.39 is 5.97 Å².